The molecule has 192 valence electrons. The minimum absolute atomic E-state index is 0.0118. The van der Waals surface area contributed by atoms with E-state index in [2.05, 4.69) is 0 Å². The number of aliphatic hydroxyl groups excluding tert-OH is 1. The first-order valence-corrected chi connectivity index (χ1v) is 13.1. The maximum absolute atomic E-state index is 13.8. The van der Waals surface area contributed by atoms with Crippen molar-refractivity contribution in [2.75, 3.05) is 0 Å². The van der Waals surface area contributed by atoms with Gasteiger partial charge in [-0.05, 0) is 57.9 Å². The molecule has 8 heteroatoms. The maximum Gasteiger partial charge on any atom is 0.540 e. The first-order valence-electron chi connectivity index (χ1n) is 11.9. The number of hydrogen-bond donors (Lipinski definition) is 2. The molecule has 0 bridgehead atoms. The summed E-state index contributed by atoms with van der Waals surface area (Å²) in [5.74, 6) is 0.0210. The van der Waals surface area contributed by atoms with Crippen molar-refractivity contribution >= 4 is 24.8 Å². The van der Waals surface area contributed by atoms with Gasteiger partial charge in [-0.2, -0.15) is 4.89 Å². The fourth-order valence-corrected chi connectivity index (χ4v) is 4.93. The number of carbonyl (C=O) groups excluding carboxylic acids is 1. The van der Waals surface area contributed by atoms with Gasteiger partial charge >= 0.3 is 19.2 Å². The van der Waals surface area contributed by atoms with Crippen molar-refractivity contribution in [1.82, 2.24) is 4.98 Å². The summed E-state index contributed by atoms with van der Waals surface area (Å²) in [6.45, 7) is 4.86. The highest BCUT2D eigenvalue weighted by Crippen LogP contribution is 2.44. The molecule has 2 N–H and O–H groups in total. The van der Waals surface area contributed by atoms with Crippen LogP contribution in [-0.2, 0) is 9.36 Å². The van der Waals surface area contributed by atoms with Crippen LogP contribution in [0.5, 0.6) is 5.75 Å². The van der Waals surface area contributed by atoms with Crippen molar-refractivity contribution in [2.24, 2.45) is 0 Å². The summed E-state index contributed by atoms with van der Waals surface area (Å²) in [5.41, 5.74) is 2.75. The topological polar surface area (TPSA) is 96.7 Å². The molecule has 0 spiro atoms. The van der Waals surface area contributed by atoms with Crippen molar-refractivity contribution in [2.45, 2.75) is 37.9 Å². The molecule has 0 aliphatic heterocycles. The lowest BCUT2D eigenvalue weighted by Gasteiger charge is -2.22. The molecule has 0 fully saturated rings. The number of carbonyl (C=O) groups is 1. The Morgan fingerprint density at radius 3 is 2.32 bits per heavy atom. The third-order valence-corrected chi connectivity index (χ3v) is 7.69. The predicted molar refractivity (Wildman–Crippen MR) is 145 cm³/mol. The molecule has 38 heavy (non-hydrogen) atoms. The zero-order chi connectivity index (χ0) is 27.6. The molecule has 1 aromatic heterocycles. The minimum Gasteiger partial charge on any atom is -0.419 e. The first-order chi connectivity index (χ1) is 18.1. The van der Waals surface area contributed by atoms with E-state index < -0.39 is 31.1 Å². The van der Waals surface area contributed by atoms with E-state index in [1.54, 1.807) is 6.07 Å². The summed E-state index contributed by atoms with van der Waals surface area (Å²) in [6.07, 6.45) is 3.80. The second kappa shape index (κ2) is 10.8. The predicted octanol–water partition coefficient (Wildman–Crippen LogP) is 6.22. The third kappa shape index (κ3) is 4.82. The molecular formula is C30H26FNO5P+. The highest BCUT2D eigenvalue weighted by atomic mass is 31.1. The molecule has 1 heterocycles. The van der Waals surface area contributed by atoms with Gasteiger partial charge in [0.2, 0.25) is 0 Å². The third-order valence-electron chi connectivity index (χ3n) is 6.40. The van der Waals surface area contributed by atoms with Crippen LogP contribution in [0.15, 0.2) is 72.8 Å². The fraction of sp³-hybridized carbons (Fsp3) is 0.200. The summed E-state index contributed by atoms with van der Waals surface area (Å²) >= 11 is 0. The second-order valence-electron chi connectivity index (χ2n) is 9.21. The van der Waals surface area contributed by atoms with Crippen LogP contribution in [-0.4, -0.2) is 32.2 Å². The Hall–Kier alpha value is -3.95. The van der Waals surface area contributed by atoms with E-state index in [1.807, 2.05) is 62.2 Å². The van der Waals surface area contributed by atoms with E-state index in [1.165, 1.54) is 24.3 Å². The molecule has 6 nitrogen and oxygen atoms in total. The highest BCUT2D eigenvalue weighted by Gasteiger charge is 2.62. The second-order valence-corrected chi connectivity index (χ2v) is 10.5. The fourth-order valence-electron chi connectivity index (χ4n) is 4.30. The van der Waals surface area contributed by atoms with Crippen LogP contribution in [0.25, 0.3) is 33.2 Å². The van der Waals surface area contributed by atoms with Crippen LogP contribution < -0.4 is 4.74 Å². The van der Waals surface area contributed by atoms with Gasteiger partial charge in [-0.15, -0.1) is 6.42 Å². The van der Waals surface area contributed by atoms with Gasteiger partial charge < -0.3 is 9.84 Å². The SMILES string of the molecule is C#CC(C(=O)Oc1c(-c2ccc(F)cc2)cc(-c2cccc3ccccc23)nc1C(C)C)(C(C)O)[P+](=O)O. The number of nitrogens with zero attached hydrogens (tertiary/aromatic N) is 1. The highest BCUT2D eigenvalue weighted by molar-refractivity contribution is 7.42. The summed E-state index contributed by atoms with van der Waals surface area (Å²) in [4.78, 5) is 28.1. The molecule has 0 amide bonds. The van der Waals surface area contributed by atoms with Gasteiger partial charge in [0, 0.05) is 11.1 Å². The van der Waals surface area contributed by atoms with E-state index in [0.29, 0.717) is 22.5 Å². The van der Waals surface area contributed by atoms with Crippen LogP contribution in [0.1, 0.15) is 32.4 Å². The molecular weight excluding hydrogens is 504 g/mol. The van der Waals surface area contributed by atoms with Crippen LogP contribution >= 0.6 is 8.03 Å². The number of fused-ring (bicyclic) bond motifs is 1. The molecule has 3 atom stereocenters. The van der Waals surface area contributed by atoms with Crippen molar-refractivity contribution in [3.05, 3.63) is 84.3 Å². The number of rotatable bonds is 7. The summed E-state index contributed by atoms with van der Waals surface area (Å²) in [5, 5.41) is 9.71. The average molecular weight is 531 g/mol. The van der Waals surface area contributed by atoms with Gasteiger partial charge in [-0.25, -0.2) is 14.2 Å². The van der Waals surface area contributed by atoms with Gasteiger partial charge in [0.1, 0.15) is 11.9 Å². The molecule has 3 unspecified atom stereocenters. The smallest absolute Gasteiger partial charge is 0.419 e. The van der Waals surface area contributed by atoms with Crippen molar-refractivity contribution in [3.63, 3.8) is 0 Å². The van der Waals surface area contributed by atoms with Crippen LogP contribution in [0.4, 0.5) is 4.39 Å². The van der Waals surface area contributed by atoms with Gasteiger partial charge in [0.25, 0.3) is 0 Å². The Morgan fingerprint density at radius 2 is 1.71 bits per heavy atom. The molecule has 0 saturated carbocycles. The van der Waals surface area contributed by atoms with E-state index in [-0.39, 0.29) is 11.7 Å². The number of aromatic nitrogens is 1. The molecule has 0 aliphatic rings. The van der Waals surface area contributed by atoms with Crippen LogP contribution in [0.2, 0.25) is 0 Å². The Labute approximate surface area is 221 Å². The molecule has 0 radical (unpaired) electrons. The van der Waals surface area contributed by atoms with E-state index in [9.17, 15) is 23.7 Å². The summed E-state index contributed by atoms with van der Waals surface area (Å²) in [7, 11) is -3.36. The zero-order valence-corrected chi connectivity index (χ0v) is 21.9. The standard InChI is InChI=1S/C30H25FNO5P/c1-5-30(19(4)33,38(35)36)29(34)37-28-25(21-13-15-22(31)16-14-21)17-26(32-27(28)18(2)3)24-12-8-10-20-9-6-7-11-23(20)24/h1,6-19,33H,2-4H3/p+1. The van der Waals surface area contributed by atoms with Crippen molar-refractivity contribution in [3.8, 4) is 40.5 Å². The Balaban J connectivity index is 2.00. The Bertz CT molecular complexity index is 1570. The molecule has 4 aromatic rings. The minimum atomic E-state index is -3.36. The first kappa shape index (κ1) is 27.1. The normalized spacial score (nSPS) is 14.0. The van der Waals surface area contributed by atoms with E-state index >= 15 is 0 Å². The average Bonchev–Trinajstić information content (AvgIpc) is 2.89. The zero-order valence-electron chi connectivity index (χ0n) is 21.1. The van der Waals surface area contributed by atoms with Gasteiger partial charge in [0.15, 0.2) is 5.75 Å². The number of ether oxygens (including phenoxy) is 1. The lowest BCUT2D eigenvalue weighted by molar-refractivity contribution is -0.138. The number of aliphatic hydroxyl groups is 1. The molecule has 4 rings (SSSR count). The molecule has 0 aliphatic carbocycles. The number of halogens is 1. The van der Waals surface area contributed by atoms with Crippen LogP contribution in [0, 0.1) is 18.2 Å². The van der Waals surface area contributed by atoms with E-state index in [4.69, 9.17) is 16.1 Å². The number of esters is 1. The van der Waals surface area contributed by atoms with Crippen molar-refractivity contribution < 1.29 is 28.5 Å². The quantitative estimate of drug-likeness (QED) is 0.167. The number of terminal acetylenes is 1. The van der Waals surface area contributed by atoms with Crippen LogP contribution in [0.3, 0.4) is 0 Å². The Morgan fingerprint density at radius 1 is 1.05 bits per heavy atom. The van der Waals surface area contributed by atoms with Gasteiger partial charge in [-0.1, -0.05) is 68.4 Å². The van der Waals surface area contributed by atoms with E-state index in [0.717, 1.165) is 23.3 Å². The number of hydrogen-bond acceptors (Lipinski definition) is 5. The summed E-state index contributed by atoms with van der Waals surface area (Å²) in [6, 6.07) is 21.0. The number of benzene rings is 3. The van der Waals surface area contributed by atoms with Crippen molar-refractivity contribution in [1.29, 1.82) is 0 Å². The lowest BCUT2D eigenvalue weighted by Crippen LogP contribution is -2.46. The lowest BCUT2D eigenvalue weighted by atomic mass is 9.95. The Kier molecular flexibility index (Phi) is 7.71. The largest absolute Gasteiger partial charge is 0.540 e. The van der Waals surface area contributed by atoms with Gasteiger partial charge in [0.05, 0.1) is 11.4 Å². The van der Waals surface area contributed by atoms with Gasteiger partial charge in [-0.3, -0.25) is 0 Å². The monoisotopic (exact) mass is 530 g/mol. The molecule has 3 aromatic carbocycles. The number of pyridine rings is 1. The maximum atomic E-state index is 13.8. The summed E-state index contributed by atoms with van der Waals surface area (Å²) < 4.78 is 31.7. The molecule has 0 saturated heterocycles.